The van der Waals surface area contributed by atoms with Gasteiger partial charge in [-0.05, 0) is 42.2 Å². The number of anilines is 1. The quantitative estimate of drug-likeness (QED) is 0.841. The topological polar surface area (TPSA) is 49.9 Å². The molecule has 5 nitrogen and oxygen atoms in total. The number of benzene rings is 2. The predicted octanol–water partition coefficient (Wildman–Crippen LogP) is 2.94. The Labute approximate surface area is 159 Å². The van der Waals surface area contributed by atoms with Gasteiger partial charge in [0, 0.05) is 26.1 Å². The molecular formula is C22H24N2O3. The number of nitrogens with zero attached hydrogens (tertiary/aromatic N) is 2. The number of hydrogen-bond donors (Lipinski definition) is 0. The normalized spacial score (nSPS) is 19.2. The van der Waals surface area contributed by atoms with Crippen LogP contribution in [0, 0.1) is 12.8 Å². The minimum Gasteiger partial charge on any atom is -0.495 e. The van der Waals surface area contributed by atoms with Gasteiger partial charge >= 0.3 is 0 Å². The van der Waals surface area contributed by atoms with Crippen molar-refractivity contribution in [3.8, 4) is 5.75 Å². The van der Waals surface area contributed by atoms with Crippen LogP contribution < -0.4 is 9.64 Å². The summed E-state index contributed by atoms with van der Waals surface area (Å²) < 4.78 is 5.42. The number of fused-ring (bicyclic) bond motifs is 1. The highest BCUT2D eigenvalue weighted by molar-refractivity contribution is 6.01. The Hall–Kier alpha value is -2.82. The van der Waals surface area contributed by atoms with Crippen molar-refractivity contribution < 1.29 is 14.3 Å². The van der Waals surface area contributed by atoms with Gasteiger partial charge in [-0.1, -0.05) is 30.3 Å². The number of ether oxygens (including phenoxy) is 1. The fourth-order valence-corrected chi connectivity index (χ4v) is 4.06. The summed E-state index contributed by atoms with van der Waals surface area (Å²) in [6.45, 7) is 3.74. The third kappa shape index (κ3) is 3.29. The number of amides is 2. The van der Waals surface area contributed by atoms with Crippen LogP contribution in [0.5, 0.6) is 5.75 Å². The first-order valence-electron chi connectivity index (χ1n) is 9.37. The van der Waals surface area contributed by atoms with Gasteiger partial charge in [0.1, 0.15) is 5.75 Å². The van der Waals surface area contributed by atoms with Crippen molar-refractivity contribution in [2.75, 3.05) is 25.1 Å². The van der Waals surface area contributed by atoms with Gasteiger partial charge in [0.25, 0.3) is 0 Å². The molecule has 5 heteroatoms. The van der Waals surface area contributed by atoms with Gasteiger partial charge in [-0.15, -0.1) is 0 Å². The molecule has 0 bridgehead atoms. The third-order valence-electron chi connectivity index (χ3n) is 5.54. The van der Waals surface area contributed by atoms with E-state index >= 15 is 0 Å². The largest absolute Gasteiger partial charge is 0.495 e. The molecule has 1 saturated heterocycles. The van der Waals surface area contributed by atoms with E-state index in [1.165, 1.54) is 11.1 Å². The van der Waals surface area contributed by atoms with Crippen molar-refractivity contribution in [1.29, 1.82) is 0 Å². The highest BCUT2D eigenvalue weighted by Crippen LogP contribution is 2.34. The van der Waals surface area contributed by atoms with Gasteiger partial charge in [0.05, 0.1) is 18.7 Å². The van der Waals surface area contributed by atoms with Gasteiger partial charge < -0.3 is 14.5 Å². The summed E-state index contributed by atoms with van der Waals surface area (Å²) in [6.07, 6.45) is 1.13. The highest BCUT2D eigenvalue weighted by atomic mass is 16.5. The number of hydrogen-bond acceptors (Lipinski definition) is 3. The second-order valence-corrected chi connectivity index (χ2v) is 7.36. The molecule has 2 heterocycles. The van der Waals surface area contributed by atoms with Crippen LogP contribution in [0.25, 0.3) is 0 Å². The summed E-state index contributed by atoms with van der Waals surface area (Å²) in [7, 11) is 1.60. The maximum atomic E-state index is 13.1. The summed E-state index contributed by atoms with van der Waals surface area (Å²) in [6, 6.07) is 14.0. The van der Waals surface area contributed by atoms with Crippen LogP contribution in [-0.4, -0.2) is 36.9 Å². The number of rotatable bonds is 3. The van der Waals surface area contributed by atoms with Gasteiger partial charge in [-0.3, -0.25) is 9.59 Å². The smallest absolute Gasteiger partial charge is 0.228 e. The van der Waals surface area contributed by atoms with Crippen LogP contribution in [-0.2, 0) is 22.6 Å². The Morgan fingerprint density at radius 3 is 2.70 bits per heavy atom. The van der Waals surface area contributed by atoms with Crippen LogP contribution >= 0.6 is 0 Å². The molecule has 0 aliphatic carbocycles. The first kappa shape index (κ1) is 17.6. The summed E-state index contributed by atoms with van der Waals surface area (Å²) in [5.41, 5.74) is 4.33. The molecule has 0 radical (unpaired) electrons. The van der Waals surface area contributed by atoms with Crippen molar-refractivity contribution in [3.63, 3.8) is 0 Å². The predicted molar refractivity (Wildman–Crippen MR) is 104 cm³/mol. The minimum atomic E-state index is -0.298. The molecule has 2 aliphatic rings. The number of carbonyl (C=O) groups excluding carboxylic acids is 2. The first-order valence-corrected chi connectivity index (χ1v) is 9.37. The molecule has 27 heavy (non-hydrogen) atoms. The number of aryl methyl sites for hydroxylation is 1. The van der Waals surface area contributed by atoms with Gasteiger partial charge in [-0.2, -0.15) is 0 Å². The van der Waals surface area contributed by atoms with E-state index in [1.54, 1.807) is 12.0 Å². The number of carbonyl (C=O) groups is 2. The SMILES string of the molecule is COc1ccc(C)cc1N1C[C@H](C(=O)N2CCc3ccccc3C2)CC1=O. The molecule has 1 atom stereocenters. The standard InChI is InChI=1S/C22H24N2O3/c1-15-7-8-20(27-2)19(11-15)24-14-18(12-21(24)25)22(26)23-10-9-16-5-3-4-6-17(16)13-23/h3-8,11,18H,9-10,12-14H2,1-2H3/t18-/m1/s1. The molecular weight excluding hydrogens is 340 g/mol. The van der Waals surface area contributed by atoms with E-state index in [4.69, 9.17) is 4.74 Å². The van der Waals surface area contributed by atoms with E-state index in [2.05, 4.69) is 12.1 Å². The average Bonchev–Trinajstić information content (AvgIpc) is 3.08. The Morgan fingerprint density at radius 1 is 1.15 bits per heavy atom. The highest BCUT2D eigenvalue weighted by Gasteiger charge is 2.38. The summed E-state index contributed by atoms with van der Waals surface area (Å²) in [5, 5.41) is 0. The van der Waals surface area contributed by atoms with E-state index in [-0.39, 0.29) is 24.2 Å². The zero-order chi connectivity index (χ0) is 19.0. The molecule has 140 valence electrons. The Kier molecular flexibility index (Phi) is 4.60. The molecule has 2 aromatic carbocycles. The number of methoxy groups -OCH3 is 1. The summed E-state index contributed by atoms with van der Waals surface area (Å²) in [4.78, 5) is 29.3. The summed E-state index contributed by atoms with van der Waals surface area (Å²) >= 11 is 0. The van der Waals surface area contributed by atoms with Crippen molar-refractivity contribution in [2.24, 2.45) is 5.92 Å². The Bertz CT molecular complexity index is 893. The second kappa shape index (κ2) is 7.06. The first-order chi connectivity index (χ1) is 13.1. The molecule has 0 unspecified atom stereocenters. The molecule has 0 N–H and O–H groups in total. The van der Waals surface area contributed by atoms with Crippen molar-refractivity contribution in [1.82, 2.24) is 4.90 Å². The Morgan fingerprint density at radius 2 is 1.93 bits per heavy atom. The maximum Gasteiger partial charge on any atom is 0.228 e. The molecule has 4 rings (SSSR count). The van der Waals surface area contributed by atoms with Crippen LogP contribution in [0.1, 0.15) is 23.1 Å². The van der Waals surface area contributed by atoms with Gasteiger partial charge in [0.2, 0.25) is 11.8 Å². The lowest BCUT2D eigenvalue weighted by atomic mass is 9.98. The van der Waals surface area contributed by atoms with Crippen molar-refractivity contribution in [2.45, 2.75) is 26.3 Å². The lowest BCUT2D eigenvalue weighted by Gasteiger charge is -2.30. The third-order valence-corrected chi connectivity index (χ3v) is 5.54. The van der Waals surface area contributed by atoms with Crippen LogP contribution in [0.2, 0.25) is 0 Å². The van der Waals surface area contributed by atoms with Crippen molar-refractivity contribution >= 4 is 17.5 Å². The molecule has 0 spiro atoms. The lowest BCUT2D eigenvalue weighted by Crippen LogP contribution is -2.40. The lowest BCUT2D eigenvalue weighted by molar-refractivity contribution is -0.136. The van der Waals surface area contributed by atoms with E-state index in [1.807, 2.05) is 42.2 Å². The monoisotopic (exact) mass is 364 g/mol. The average molecular weight is 364 g/mol. The van der Waals surface area contributed by atoms with E-state index < -0.39 is 0 Å². The fourth-order valence-electron chi connectivity index (χ4n) is 4.06. The van der Waals surface area contributed by atoms with Crippen molar-refractivity contribution in [3.05, 3.63) is 59.2 Å². The zero-order valence-electron chi connectivity index (χ0n) is 15.8. The Balaban J connectivity index is 1.51. The van der Waals surface area contributed by atoms with E-state index in [9.17, 15) is 9.59 Å². The van der Waals surface area contributed by atoms with Gasteiger partial charge in [0.15, 0.2) is 0 Å². The zero-order valence-corrected chi connectivity index (χ0v) is 15.8. The molecule has 2 aliphatic heterocycles. The fraction of sp³-hybridized carbons (Fsp3) is 0.364. The van der Waals surface area contributed by atoms with Crippen LogP contribution in [0.4, 0.5) is 5.69 Å². The van der Waals surface area contributed by atoms with Gasteiger partial charge in [-0.25, -0.2) is 0 Å². The van der Waals surface area contributed by atoms with Crippen LogP contribution in [0.3, 0.4) is 0 Å². The summed E-state index contributed by atoms with van der Waals surface area (Å²) in [5.74, 6) is 0.420. The van der Waals surface area contributed by atoms with E-state index in [0.717, 1.165) is 17.7 Å². The molecule has 2 aromatic rings. The second-order valence-electron chi connectivity index (χ2n) is 7.36. The molecule has 0 aromatic heterocycles. The molecule has 1 fully saturated rings. The molecule has 2 amide bonds. The minimum absolute atomic E-state index is 0.0188. The maximum absolute atomic E-state index is 13.1. The van der Waals surface area contributed by atoms with Crippen LogP contribution in [0.15, 0.2) is 42.5 Å². The van der Waals surface area contributed by atoms with E-state index in [0.29, 0.717) is 25.4 Å². The molecule has 0 saturated carbocycles.